The molecule has 2 aromatic rings. The van der Waals surface area contributed by atoms with Gasteiger partial charge in [0.2, 0.25) is 0 Å². The van der Waals surface area contributed by atoms with Crippen LogP contribution in [0, 0.1) is 10.1 Å². The van der Waals surface area contributed by atoms with Gasteiger partial charge in [0.25, 0.3) is 5.69 Å². The molecule has 0 aliphatic heterocycles. The molecular formula is C13H11NO3S. The van der Waals surface area contributed by atoms with Crippen molar-refractivity contribution in [3.05, 3.63) is 75.8 Å². The van der Waals surface area contributed by atoms with Gasteiger partial charge in [-0.1, -0.05) is 42.5 Å². The van der Waals surface area contributed by atoms with Crippen LogP contribution >= 0.6 is 13.5 Å². The molecule has 0 heterocycles. The van der Waals surface area contributed by atoms with Gasteiger partial charge in [-0.25, -0.2) is 0 Å². The average Bonchev–Trinajstić information content (AvgIpc) is 2.39. The fourth-order valence-corrected chi connectivity index (χ4v) is 1.52. The van der Waals surface area contributed by atoms with Gasteiger partial charge in [-0.2, -0.15) is 13.5 Å². The number of non-ortho nitro benzene ring substituents is 1. The van der Waals surface area contributed by atoms with E-state index in [-0.39, 0.29) is 25.0 Å². The summed E-state index contributed by atoms with van der Waals surface area (Å²) < 4.78 is 0. The molecule has 18 heavy (non-hydrogen) atoms. The fourth-order valence-electron chi connectivity index (χ4n) is 1.52. The van der Waals surface area contributed by atoms with Gasteiger partial charge in [-0.3, -0.25) is 14.9 Å². The first-order valence-electron chi connectivity index (χ1n) is 5.02. The summed E-state index contributed by atoms with van der Waals surface area (Å²) in [6, 6.07) is 14.4. The number of hydrogen-bond acceptors (Lipinski definition) is 3. The Morgan fingerprint density at radius 3 is 2.17 bits per heavy atom. The van der Waals surface area contributed by atoms with Crippen LogP contribution in [0.2, 0.25) is 0 Å². The predicted octanol–water partition coefficient (Wildman–Crippen LogP) is 2.94. The molecule has 2 rings (SSSR count). The Balaban J connectivity index is 0.00000162. The van der Waals surface area contributed by atoms with Gasteiger partial charge in [0.05, 0.1) is 4.92 Å². The van der Waals surface area contributed by atoms with E-state index in [0.29, 0.717) is 11.1 Å². The largest absolute Gasteiger partial charge is 0.289 e. The Morgan fingerprint density at radius 2 is 1.56 bits per heavy atom. The standard InChI is InChI=1S/C13H9NO3.H2S/c15-13(10-5-2-1-3-6-10)11-7-4-8-12(9-11)14(16)17;/h1-9H;1H2. The third kappa shape index (κ3) is 2.95. The van der Waals surface area contributed by atoms with Crippen LogP contribution < -0.4 is 0 Å². The van der Waals surface area contributed by atoms with Gasteiger partial charge in [-0.15, -0.1) is 0 Å². The molecule has 4 nitrogen and oxygen atoms in total. The highest BCUT2D eigenvalue weighted by atomic mass is 32.1. The third-order valence-electron chi connectivity index (χ3n) is 2.36. The number of rotatable bonds is 3. The van der Waals surface area contributed by atoms with E-state index in [2.05, 4.69) is 0 Å². The summed E-state index contributed by atoms with van der Waals surface area (Å²) in [5.74, 6) is -0.214. The van der Waals surface area contributed by atoms with Crippen molar-refractivity contribution in [2.45, 2.75) is 0 Å². The highest BCUT2D eigenvalue weighted by Crippen LogP contribution is 2.16. The van der Waals surface area contributed by atoms with Crippen molar-refractivity contribution in [2.24, 2.45) is 0 Å². The van der Waals surface area contributed by atoms with E-state index in [1.165, 1.54) is 18.2 Å². The summed E-state index contributed by atoms with van der Waals surface area (Å²) in [5, 5.41) is 10.6. The highest BCUT2D eigenvalue weighted by molar-refractivity contribution is 7.59. The summed E-state index contributed by atoms with van der Waals surface area (Å²) in [7, 11) is 0. The summed E-state index contributed by atoms with van der Waals surface area (Å²) >= 11 is 0. The lowest BCUT2D eigenvalue weighted by Gasteiger charge is -2.00. The second-order valence-electron chi connectivity index (χ2n) is 3.50. The minimum Gasteiger partial charge on any atom is -0.289 e. The molecule has 0 bridgehead atoms. The molecule has 0 aliphatic rings. The molecule has 0 spiro atoms. The van der Waals surface area contributed by atoms with Crippen LogP contribution in [0.25, 0.3) is 0 Å². The zero-order chi connectivity index (χ0) is 12.3. The molecule has 5 heteroatoms. The van der Waals surface area contributed by atoms with Crippen LogP contribution in [0.1, 0.15) is 15.9 Å². The van der Waals surface area contributed by atoms with E-state index in [0.717, 1.165) is 0 Å². The van der Waals surface area contributed by atoms with E-state index in [1.54, 1.807) is 30.3 Å². The molecule has 0 saturated carbocycles. The first-order valence-corrected chi connectivity index (χ1v) is 5.02. The Kier molecular flexibility index (Phi) is 4.62. The molecule has 2 aromatic carbocycles. The monoisotopic (exact) mass is 261 g/mol. The smallest absolute Gasteiger partial charge is 0.270 e. The maximum Gasteiger partial charge on any atom is 0.270 e. The van der Waals surface area contributed by atoms with E-state index in [1.807, 2.05) is 6.07 Å². The van der Waals surface area contributed by atoms with Gasteiger partial charge in [0.15, 0.2) is 5.78 Å². The van der Waals surface area contributed by atoms with Crippen molar-refractivity contribution in [3.63, 3.8) is 0 Å². The van der Waals surface area contributed by atoms with Gasteiger partial charge in [-0.05, 0) is 0 Å². The van der Waals surface area contributed by atoms with Gasteiger partial charge in [0.1, 0.15) is 0 Å². The fraction of sp³-hybridized carbons (Fsp3) is 0. The summed E-state index contributed by atoms with van der Waals surface area (Å²) in [6.45, 7) is 0. The molecule has 0 fully saturated rings. The van der Waals surface area contributed by atoms with Crippen LogP contribution in [-0.2, 0) is 0 Å². The topological polar surface area (TPSA) is 60.2 Å². The zero-order valence-electron chi connectivity index (χ0n) is 9.37. The molecule has 0 unspecified atom stereocenters. The molecule has 0 atom stereocenters. The maximum absolute atomic E-state index is 12.0. The first-order chi connectivity index (χ1) is 8.18. The van der Waals surface area contributed by atoms with E-state index < -0.39 is 4.92 Å². The molecular weight excluding hydrogens is 250 g/mol. The molecule has 0 radical (unpaired) electrons. The van der Waals surface area contributed by atoms with E-state index >= 15 is 0 Å². The third-order valence-corrected chi connectivity index (χ3v) is 2.36. The Bertz CT molecular complexity index is 569. The normalized spacial score (nSPS) is 9.33. The molecule has 0 aliphatic carbocycles. The Labute approximate surface area is 111 Å². The molecule has 0 aromatic heterocycles. The van der Waals surface area contributed by atoms with Gasteiger partial charge >= 0.3 is 0 Å². The maximum atomic E-state index is 12.0. The van der Waals surface area contributed by atoms with Crippen molar-refractivity contribution >= 4 is 25.0 Å². The number of ketones is 1. The minimum absolute atomic E-state index is 0. The lowest BCUT2D eigenvalue weighted by Crippen LogP contribution is -2.01. The zero-order valence-corrected chi connectivity index (χ0v) is 10.4. The molecule has 0 N–H and O–H groups in total. The number of nitro benzene ring substituents is 1. The number of carbonyl (C=O) groups is 1. The summed E-state index contributed by atoms with van der Waals surface area (Å²) in [5.41, 5.74) is 0.769. The lowest BCUT2D eigenvalue weighted by atomic mass is 10.0. The predicted molar refractivity (Wildman–Crippen MR) is 73.4 cm³/mol. The van der Waals surface area contributed by atoms with Crippen LogP contribution in [0.4, 0.5) is 5.69 Å². The van der Waals surface area contributed by atoms with E-state index in [9.17, 15) is 14.9 Å². The highest BCUT2D eigenvalue weighted by Gasteiger charge is 2.12. The van der Waals surface area contributed by atoms with Crippen molar-refractivity contribution in [2.75, 3.05) is 0 Å². The van der Waals surface area contributed by atoms with Crippen molar-refractivity contribution < 1.29 is 9.72 Å². The van der Waals surface area contributed by atoms with Crippen LogP contribution in [0.5, 0.6) is 0 Å². The van der Waals surface area contributed by atoms with Gasteiger partial charge < -0.3 is 0 Å². The number of nitro groups is 1. The number of hydrogen-bond donors (Lipinski definition) is 0. The summed E-state index contributed by atoms with van der Waals surface area (Å²) in [6.07, 6.45) is 0. The van der Waals surface area contributed by atoms with Crippen molar-refractivity contribution in [3.8, 4) is 0 Å². The van der Waals surface area contributed by atoms with Gasteiger partial charge in [0, 0.05) is 23.3 Å². The number of nitrogens with zero attached hydrogens (tertiary/aromatic N) is 1. The average molecular weight is 261 g/mol. The van der Waals surface area contributed by atoms with Crippen LogP contribution in [-0.4, -0.2) is 10.7 Å². The molecule has 92 valence electrons. The Hall–Kier alpha value is -2.14. The van der Waals surface area contributed by atoms with Crippen molar-refractivity contribution in [1.82, 2.24) is 0 Å². The number of carbonyl (C=O) groups excluding carboxylic acids is 1. The number of benzene rings is 2. The van der Waals surface area contributed by atoms with Crippen LogP contribution in [0.3, 0.4) is 0 Å². The van der Waals surface area contributed by atoms with Crippen molar-refractivity contribution in [1.29, 1.82) is 0 Å². The molecule has 0 amide bonds. The Morgan fingerprint density at radius 1 is 0.944 bits per heavy atom. The van der Waals surface area contributed by atoms with Crippen LogP contribution in [0.15, 0.2) is 54.6 Å². The van der Waals surface area contributed by atoms with E-state index in [4.69, 9.17) is 0 Å². The molecule has 0 saturated heterocycles. The minimum atomic E-state index is -0.512. The SMILES string of the molecule is O=C(c1ccccc1)c1cccc([N+](=O)[O-])c1.S. The summed E-state index contributed by atoms with van der Waals surface area (Å²) in [4.78, 5) is 22.1. The quantitative estimate of drug-likeness (QED) is 0.485. The lowest BCUT2D eigenvalue weighted by molar-refractivity contribution is -0.384. The second-order valence-corrected chi connectivity index (χ2v) is 3.50. The first kappa shape index (κ1) is 13.9. The second kappa shape index (κ2) is 5.97.